The number of rotatable bonds is 3. The van der Waals surface area contributed by atoms with E-state index in [0.29, 0.717) is 6.54 Å². The molecule has 4 heteroatoms. The van der Waals surface area contributed by atoms with Crippen LogP contribution in [0, 0.1) is 0 Å². The zero-order chi connectivity index (χ0) is 13.1. The zero-order valence-electron chi connectivity index (χ0n) is 10.3. The van der Waals surface area contributed by atoms with Crippen LogP contribution >= 0.6 is 11.3 Å². The summed E-state index contributed by atoms with van der Waals surface area (Å²) in [6.45, 7) is 0.552. The molecule has 1 aromatic carbocycles. The minimum absolute atomic E-state index is 0.552. The predicted molar refractivity (Wildman–Crippen MR) is 78.7 cm³/mol. The summed E-state index contributed by atoms with van der Waals surface area (Å²) in [7, 11) is 0. The van der Waals surface area contributed by atoms with E-state index in [4.69, 9.17) is 5.73 Å². The molecule has 0 atom stereocenters. The maximum Gasteiger partial charge on any atom is 0.124 e. The first-order valence-corrected chi connectivity index (χ1v) is 6.90. The highest BCUT2D eigenvalue weighted by Crippen LogP contribution is 2.28. The van der Waals surface area contributed by atoms with Crippen LogP contribution in [0.1, 0.15) is 5.56 Å². The molecule has 0 aliphatic heterocycles. The molecule has 0 amide bonds. The molecule has 0 spiro atoms. The lowest BCUT2D eigenvalue weighted by atomic mass is 10.1. The van der Waals surface area contributed by atoms with Gasteiger partial charge in [0.1, 0.15) is 5.01 Å². The van der Waals surface area contributed by atoms with Crippen LogP contribution in [0.2, 0.25) is 0 Å². The Hall–Kier alpha value is -2.04. The summed E-state index contributed by atoms with van der Waals surface area (Å²) in [6, 6.07) is 12.1. The largest absolute Gasteiger partial charge is 0.326 e. The van der Waals surface area contributed by atoms with E-state index in [1.54, 1.807) is 23.7 Å². The molecule has 0 unspecified atom stereocenters. The van der Waals surface area contributed by atoms with Crippen molar-refractivity contribution >= 4 is 11.3 Å². The monoisotopic (exact) mass is 267 g/mol. The highest BCUT2D eigenvalue weighted by Gasteiger charge is 2.06. The van der Waals surface area contributed by atoms with Crippen LogP contribution < -0.4 is 5.73 Å². The second kappa shape index (κ2) is 5.30. The molecule has 0 radical (unpaired) electrons. The Morgan fingerprint density at radius 1 is 1.05 bits per heavy atom. The van der Waals surface area contributed by atoms with Crippen LogP contribution in [0.25, 0.3) is 21.8 Å². The average molecular weight is 267 g/mol. The second-order valence-corrected chi connectivity index (χ2v) is 5.04. The fraction of sp³-hybridized carbons (Fsp3) is 0.0667. The van der Waals surface area contributed by atoms with E-state index in [-0.39, 0.29) is 0 Å². The molecule has 19 heavy (non-hydrogen) atoms. The lowest BCUT2D eigenvalue weighted by Gasteiger charge is -2.00. The summed E-state index contributed by atoms with van der Waals surface area (Å²) in [5.41, 5.74) is 9.99. The van der Waals surface area contributed by atoms with Crippen molar-refractivity contribution in [1.82, 2.24) is 9.97 Å². The maximum atomic E-state index is 5.67. The van der Waals surface area contributed by atoms with Crippen LogP contribution in [-0.4, -0.2) is 9.97 Å². The molecule has 3 rings (SSSR count). The molecule has 3 aromatic rings. The quantitative estimate of drug-likeness (QED) is 0.792. The van der Waals surface area contributed by atoms with Crippen molar-refractivity contribution in [1.29, 1.82) is 0 Å². The topological polar surface area (TPSA) is 51.8 Å². The Balaban J connectivity index is 1.97. The van der Waals surface area contributed by atoms with E-state index < -0.39 is 0 Å². The number of benzene rings is 1. The number of hydrogen-bond donors (Lipinski definition) is 1. The summed E-state index contributed by atoms with van der Waals surface area (Å²) in [5.74, 6) is 0. The van der Waals surface area contributed by atoms with Crippen molar-refractivity contribution in [3.05, 3.63) is 59.7 Å². The summed E-state index contributed by atoms with van der Waals surface area (Å²) < 4.78 is 0. The number of thiazole rings is 1. The number of nitrogens with zero attached hydrogens (tertiary/aromatic N) is 2. The van der Waals surface area contributed by atoms with Gasteiger partial charge in [-0.2, -0.15) is 0 Å². The molecule has 3 nitrogen and oxygen atoms in total. The second-order valence-electron chi connectivity index (χ2n) is 4.18. The van der Waals surface area contributed by atoms with Gasteiger partial charge in [-0.05, 0) is 23.8 Å². The molecule has 0 bridgehead atoms. The predicted octanol–water partition coefficient (Wildman–Crippen LogP) is 3.33. The molecule has 0 saturated carbocycles. The van der Waals surface area contributed by atoms with Gasteiger partial charge in [0, 0.05) is 35.4 Å². The van der Waals surface area contributed by atoms with E-state index in [2.05, 4.69) is 27.5 Å². The van der Waals surface area contributed by atoms with Gasteiger partial charge in [-0.1, -0.05) is 18.2 Å². The van der Waals surface area contributed by atoms with Crippen molar-refractivity contribution in [2.45, 2.75) is 6.54 Å². The molecular weight excluding hydrogens is 254 g/mol. The molecule has 2 aromatic heterocycles. The number of pyridine rings is 1. The van der Waals surface area contributed by atoms with E-state index in [9.17, 15) is 0 Å². The summed E-state index contributed by atoms with van der Waals surface area (Å²) in [6.07, 6.45) is 3.56. The molecular formula is C15H13N3S. The first-order chi connectivity index (χ1) is 9.36. The van der Waals surface area contributed by atoms with Crippen LogP contribution in [0.5, 0.6) is 0 Å². The Labute approximate surface area is 115 Å². The van der Waals surface area contributed by atoms with E-state index in [1.165, 1.54) is 0 Å². The van der Waals surface area contributed by atoms with Gasteiger partial charge < -0.3 is 5.73 Å². The molecule has 0 aliphatic carbocycles. The van der Waals surface area contributed by atoms with Crippen LogP contribution in [-0.2, 0) is 6.54 Å². The summed E-state index contributed by atoms with van der Waals surface area (Å²) in [5, 5.41) is 3.09. The highest BCUT2D eigenvalue weighted by molar-refractivity contribution is 7.13. The van der Waals surface area contributed by atoms with Gasteiger partial charge in [0.2, 0.25) is 0 Å². The van der Waals surface area contributed by atoms with Gasteiger partial charge in [-0.15, -0.1) is 11.3 Å². The van der Waals surface area contributed by atoms with E-state index >= 15 is 0 Å². The number of hydrogen-bond acceptors (Lipinski definition) is 4. The van der Waals surface area contributed by atoms with Crippen molar-refractivity contribution in [3.8, 4) is 21.8 Å². The van der Waals surface area contributed by atoms with E-state index in [1.807, 2.05) is 24.3 Å². The third kappa shape index (κ3) is 2.54. The molecule has 0 saturated heterocycles. The number of nitrogens with two attached hydrogens (primary N) is 1. The molecule has 2 N–H and O–H groups in total. The van der Waals surface area contributed by atoms with Crippen LogP contribution in [0.15, 0.2) is 54.2 Å². The average Bonchev–Trinajstić information content (AvgIpc) is 2.98. The van der Waals surface area contributed by atoms with Gasteiger partial charge in [0.25, 0.3) is 0 Å². The molecule has 2 heterocycles. The normalized spacial score (nSPS) is 10.6. The van der Waals surface area contributed by atoms with E-state index in [0.717, 1.165) is 27.4 Å². The fourth-order valence-electron chi connectivity index (χ4n) is 1.89. The minimum Gasteiger partial charge on any atom is -0.326 e. The van der Waals surface area contributed by atoms with Gasteiger partial charge in [0.15, 0.2) is 0 Å². The SMILES string of the molecule is NCc1cccc(-c2nc(-c3ccncc3)cs2)c1. The molecule has 0 aliphatic rings. The van der Waals surface area contributed by atoms with Gasteiger partial charge in [-0.25, -0.2) is 4.98 Å². The minimum atomic E-state index is 0.552. The van der Waals surface area contributed by atoms with Gasteiger partial charge in [0.05, 0.1) is 5.69 Å². The maximum absolute atomic E-state index is 5.67. The fourth-order valence-corrected chi connectivity index (χ4v) is 2.72. The third-order valence-corrected chi connectivity index (χ3v) is 3.78. The lowest BCUT2D eigenvalue weighted by Crippen LogP contribution is -1.95. The summed E-state index contributed by atoms with van der Waals surface area (Å²) in [4.78, 5) is 8.70. The van der Waals surface area contributed by atoms with Crippen molar-refractivity contribution in [2.24, 2.45) is 5.73 Å². The van der Waals surface area contributed by atoms with Crippen molar-refractivity contribution in [3.63, 3.8) is 0 Å². The highest BCUT2D eigenvalue weighted by atomic mass is 32.1. The molecule has 0 fully saturated rings. The zero-order valence-corrected chi connectivity index (χ0v) is 11.1. The smallest absolute Gasteiger partial charge is 0.124 e. The van der Waals surface area contributed by atoms with Crippen molar-refractivity contribution in [2.75, 3.05) is 0 Å². The third-order valence-electron chi connectivity index (χ3n) is 2.89. The standard InChI is InChI=1S/C15H13N3S/c16-9-11-2-1-3-13(8-11)15-18-14(10-19-15)12-4-6-17-7-5-12/h1-8,10H,9,16H2. The Kier molecular flexibility index (Phi) is 3.35. The van der Waals surface area contributed by atoms with Crippen LogP contribution in [0.3, 0.4) is 0 Å². The lowest BCUT2D eigenvalue weighted by molar-refractivity contribution is 1.07. The number of aromatic nitrogens is 2. The van der Waals surface area contributed by atoms with Crippen LogP contribution in [0.4, 0.5) is 0 Å². The summed E-state index contributed by atoms with van der Waals surface area (Å²) >= 11 is 1.64. The first-order valence-electron chi connectivity index (χ1n) is 6.02. The van der Waals surface area contributed by atoms with Crippen molar-refractivity contribution < 1.29 is 0 Å². The Morgan fingerprint density at radius 2 is 1.89 bits per heavy atom. The first kappa shape index (κ1) is 12.0. The van der Waals surface area contributed by atoms with Gasteiger partial charge in [-0.3, -0.25) is 4.98 Å². The Bertz CT molecular complexity index is 677. The molecule has 94 valence electrons. The van der Waals surface area contributed by atoms with Gasteiger partial charge >= 0.3 is 0 Å². The Morgan fingerprint density at radius 3 is 2.68 bits per heavy atom.